The number of aromatic nitrogens is 1. The van der Waals surface area contributed by atoms with Crippen molar-refractivity contribution in [2.45, 2.75) is 19.3 Å². The number of nitrogens with zero attached hydrogens (tertiary/aromatic N) is 1. The van der Waals surface area contributed by atoms with Gasteiger partial charge in [-0.2, -0.15) is 0 Å². The van der Waals surface area contributed by atoms with Gasteiger partial charge in [-0.05, 0) is 31.4 Å². The van der Waals surface area contributed by atoms with Gasteiger partial charge in [0.2, 0.25) is 5.91 Å². The number of hydrogen-bond donors (Lipinski definition) is 2. The van der Waals surface area contributed by atoms with E-state index < -0.39 is 0 Å². The predicted molar refractivity (Wildman–Crippen MR) is 91.1 cm³/mol. The summed E-state index contributed by atoms with van der Waals surface area (Å²) in [5.74, 6) is 0.341. The molecule has 4 nitrogen and oxygen atoms in total. The van der Waals surface area contributed by atoms with Crippen LogP contribution in [-0.4, -0.2) is 17.4 Å². The van der Waals surface area contributed by atoms with Gasteiger partial charge in [-0.1, -0.05) is 36.2 Å². The zero-order valence-electron chi connectivity index (χ0n) is 12.1. The first-order valence-electron chi connectivity index (χ1n) is 7.40. The Balaban J connectivity index is 1.72. The van der Waals surface area contributed by atoms with Crippen LogP contribution in [0.3, 0.4) is 0 Å². The van der Waals surface area contributed by atoms with E-state index in [0.717, 1.165) is 30.5 Å². The van der Waals surface area contributed by atoms with E-state index in [1.807, 2.05) is 29.6 Å². The molecule has 1 saturated carbocycles. The number of thiazole rings is 1. The van der Waals surface area contributed by atoms with Gasteiger partial charge in [0.15, 0.2) is 5.13 Å². The van der Waals surface area contributed by atoms with E-state index in [-0.39, 0.29) is 11.8 Å². The number of rotatable bonds is 4. The van der Waals surface area contributed by atoms with E-state index in [1.54, 1.807) is 0 Å². The Morgan fingerprint density at radius 3 is 3.00 bits per heavy atom. The van der Waals surface area contributed by atoms with Gasteiger partial charge in [-0.15, -0.1) is 11.3 Å². The highest BCUT2D eigenvalue weighted by Crippen LogP contribution is 2.33. The van der Waals surface area contributed by atoms with Gasteiger partial charge in [-0.3, -0.25) is 4.79 Å². The Kier molecular flexibility index (Phi) is 4.76. The van der Waals surface area contributed by atoms with Crippen molar-refractivity contribution < 1.29 is 4.79 Å². The number of benzene rings is 1. The van der Waals surface area contributed by atoms with E-state index in [9.17, 15) is 4.79 Å². The van der Waals surface area contributed by atoms with Gasteiger partial charge < -0.3 is 11.1 Å². The lowest BCUT2D eigenvalue weighted by Gasteiger charge is -2.16. The van der Waals surface area contributed by atoms with Crippen LogP contribution in [0.25, 0.3) is 11.3 Å². The average molecular weight is 336 g/mol. The maximum absolute atomic E-state index is 12.4. The normalized spacial score (nSPS) is 21.0. The maximum Gasteiger partial charge on any atom is 0.229 e. The second-order valence-corrected chi connectivity index (χ2v) is 6.81. The number of carbonyl (C=O) groups is 1. The molecule has 1 aromatic heterocycles. The molecule has 0 aliphatic heterocycles. The molecular formula is C16H18ClN3OS. The topological polar surface area (TPSA) is 68.0 Å². The van der Waals surface area contributed by atoms with Crippen molar-refractivity contribution in [1.29, 1.82) is 0 Å². The number of halogens is 1. The molecule has 1 amide bonds. The molecule has 22 heavy (non-hydrogen) atoms. The molecule has 0 bridgehead atoms. The average Bonchev–Trinajstić information content (AvgIpc) is 3.16. The number of nitrogens with one attached hydrogen (secondary N) is 1. The molecule has 0 radical (unpaired) electrons. The Labute approximate surface area is 138 Å². The number of carbonyl (C=O) groups excluding carboxylic acids is 1. The monoisotopic (exact) mass is 335 g/mol. The van der Waals surface area contributed by atoms with Crippen molar-refractivity contribution in [2.24, 2.45) is 17.6 Å². The van der Waals surface area contributed by atoms with Gasteiger partial charge in [-0.25, -0.2) is 4.98 Å². The molecule has 2 atom stereocenters. The molecule has 0 unspecified atom stereocenters. The van der Waals surface area contributed by atoms with Crippen LogP contribution in [-0.2, 0) is 4.79 Å². The van der Waals surface area contributed by atoms with Crippen molar-refractivity contribution in [3.63, 3.8) is 0 Å². The van der Waals surface area contributed by atoms with Crippen molar-refractivity contribution in [2.75, 3.05) is 11.9 Å². The van der Waals surface area contributed by atoms with E-state index in [1.165, 1.54) is 11.3 Å². The molecular weight excluding hydrogens is 318 g/mol. The minimum absolute atomic E-state index is 0.0117. The number of nitrogens with two attached hydrogens (primary N) is 1. The largest absolute Gasteiger partial charge is 0.330 e. The molecule has 1 aliphatic rings. The summed E-state index contributed by atoms with van der Waals surface area (Å²) in [6.45, 7) is 0.570. The summed E-state index contributed by atoms with van der Waals surface area (Å²) in [5.41, 5.74) is 7.41. The van der Waals surface area contributed by atoms with Crippen LogP contribution in [0.5, 0.6) is 0 Å². The first-order valence-corrected chi connectivity index (χ1v) is 8.66. The van der Waals surface area contributed by atoms with Gasteiger partial charge in [0.1, 0.15) is 0 Å². The minimum atomic E-state index is 0.0117. The molecule has 1 heterocycles. The molecule has 1 aromatic carbocycles. The number of anilines is 1. The van der Waals surface area contributed by atoms with E-state index >= 15 is 0 Å². The van der Waals surface area contributed by atoms with Gasteiger partial charge in [0.05, 0.1) is 5.69 Å². The Morgan fingerprint density at radius 1 is 1.41 bits per heavy atom. The lowest BCUT2D eigenvalue weighted by atomic mass is 9.95. The summed E-state index contributed by atoms with van der Waals surface area (Å²) in [7, 11) is 0. The molecule has 0 saturated heterocycles. The smallest absolute Gasteiger partial charge is 0.229 e. The summed E-state index contributed by atoms with van der Waals surface area (Å²) in [6.07, 6.45) is 3.02. The molecule has 2 aromatic rings. The molecule has 6 heteroatoms. The van der Waals surface area contributed by atoms with Crippen LogP contribution in [0.4, 0.5) is 5.13 Å². The van der Waals surface area contributed by atoms with Crippen LogP contribution in [0.15, 0.2) is 29.6 Å². The van der Waals surface area contributed by atoms with Crippen LogP contribution >= 0.6 is 22.9 Å². The first-order chi connectivity index (χ1) is 10.7. The molecule has 1 fully saturated rings. The third-order valence-corrected chi connectivity index (χ3v) is 5.27. The number of hydrogen-bond acceptors (Lipinski definition) is 4. The quantitative estimate of drug-likeness (QED) is 0.893. The maximum atomic E-state index is 12.4. The fraction of sp³-hybridized carbons (Fsp3) is 0.375. The zero-order chi connectivity index (χ0) is 15.5. The van der Waals surface area contributed by atoms with Crippen molar-refractivity contribution in [3.8, 4) is 11.3 Å². The molecule has 1 aliphatic carbocycles. The Morgan fingerprint density at radius 2 is 2.23 bits per heavy atom. The molecule has 0 spiro atoms. The fourth-order valence-corrected chi connectivity index (χ4v) is 3.93. The zero-order valence-corrected chi connectivity index (χ0v) is 13.7. The van der Waals surface area contributed by atoms with E-state index in [2.05, 4.69) is 10.3 Å². The second-order valence-electron chi connectivity index (χ2n) is 5.54. The standard InChI is InChI=1S/C16H18ClN3OS/c17-13-7-2-1-5-12(13)14-9-22-16(19-14)20-15(21)11-6-3-4-10(11)8-18/h1-2,5,7,9-11H,3-4,6,8,18H2,(H,19,20,21)/t10-,11-/m1/s1. The summed E-state index contributed by atoms with van der Waals surface area (Å²) in [5, 5.41) is 6.11. The first kappa shape index (κ1) is 15.5. The van der Waals surface area contributed by atoms with Crippen LogP contribution in [0, 0.1) is 11.8 Å². The third-order valence-electron chi connectivity index (χ3n) is 4.18. The van der Waals surface area contributed by atoms with Gasteiger partial charge in [0.25, 0.3) is 0 Å². The van der Waals surface area contributed by atoms with Crippen molar-refractivity contribution in [1.82, 2.24) is 4.98 Å². The second kappa shape index (κ2) is 6.77. The summed E-state index contributed by atoms with van der Waals surface area (Å²) in [4.78, 5) is 16.8. The Hall–Kier alpha value is -1.43. The van der Waals surface area contributed by atoms with E-state index in [0.29, 0.717) is 22.6 Å². The van der Waals surface area contributed by atoms with Gasteiger partial charge in [0, 0.05) is 21.9 Å². The van der Waals surface area contributed by atoms with Crippen molar-refractivity contribution in [3.05, 3.63) is 34.7 Å². The lowest BCUT2D eigenvalue weighted by molar-refractivity contribution is -0.120. The molecule has 3 rings (SSSR count). The lowest BCUT2D eigenvalue weighted by Crippen LogP contribution is -2.29. The Bertz CT molecular complexity index is 673. The third kappa shape index (κ3) is 3.16. The minimum Gasteiger partial charge on any atom is -0.330 e. The molecule has 3 N–H and O–H groups in total. The predicted octanol–water partition coefficient (Wildman–Crippen LogP) is 3.78. The van der Waals surface area contributed by atoms with Gasteiger partial charge >= 0.3 is 0 Å². The van der Waals surface area contributed by atoms with Crippen molar-refractivity contribution >= 4 is 34.0 Å². The van der Waals surface area contributed by atoms with E-state index in [4.69, 9.17) is 17.3 Å². The highest BCUT2D eigenvalue weighted by Gasteiger charge is 2.32. The summed E-state index contributed by atoms with van der Waals surface area (Å²) < 4.78 is 0. The number of amides is 1. The summed E-state index contributed by atoms with van der Waals surface area (Å²) in [6, 6.07) is 7.56. The SMILES string of the molecule is NC[C@H]1CCC[C@H]1C(=O)Nc1nc(-c2ccccc2Cl)cs1. The fourth-order valence-electron chi connectivity index (χ4n) is 2.99. The highest BCUT2D eigenvalue weighted by molar-refractivity contribution is 7.14. The summed E-state index contributed by atoms with van der Waals surface area (Å²) >= 11 is 7.59. The molecule has 116 valence electrons. The van der Waals surface area contributed by atoms with Crippen LogP contribution in [0.2, 0.25) is 5.02 Å². The van der Waals surface area contributed by atoms with Crippen LogP contribution in [0.1, 0.15) is 19.3 Å². The van der Waals surface area contributed by atoms with Crippen LogP contribution < -0.4 is 11.1 Å². The highest BCUT2D eigenvalue weighted by atomic mass is 35.5.